The third-order valence-electron chi connectivity index (χ3n) is 4.60. The third-order valence-corrected chi connectivity index (χ3v) is 4.60. The smallest absolute Gasteiger partial charge is 0.310 e. The molecule has 3 rings (SSSR count). The van der Waals surface area contributed by atoms with E-state index in [0.717, 1.165) is 12.8 Å². The van der Waals surface area contributed by atoms with Crippen LogP contribution in [0, 0.1) is 29.1 Å². The molecule has 16 heavy (non-hydrogen) atoms. The zero-order valence-corrected chi connectivity index (χ0v) is 9.05. The van der Waals surface area contributed by atoms with E-state index in [-0.39, 0.29) is 23.2 Å². The van der Waals surface area contributed by atoms with Gasteiger partial charge < -0.3 is 9.84 Å². The number of carboxylic acids is 1. The first kappa shape index (κ1) is 9.87. The molecule has 0 radical (unpaired) electrons. The summed E-state index contributed by atoms with van der Waals surface area (Å²) in [6.07, 6.45) is 6.12. The third kappa shape index (κ3) is 0.950. The Morgan fingerprint density at radius 3 is 2.25 bits per heavy atom. The van der Waals surface area contributed by atoms with Crippen LogP contribution in [-0.4, -0.2) is 24.2 Å². The number of methoxy groups -OCH3 is 1. The number of esters is 1. The van der Waals surface area contributed by atoms with Crippen LogP contribution in [0.2, 0.25) is 0 Å². The minimum absolute atomic E-state index is 0.0408. The van der Waals surface area contributed by atoms with Gasteiger partial charge in [-0.1, -0.05) is 12.2 Å². The summed E-state index contributed by atoms with van der Waals surface area (Å²) in [4.78, 5) is 23.0. The summed E-state index contributed by atoms with van der Waals surface area (Å²) >= 11 is 0. The van der Waals surface area contributed by atoms with Gasteiger partial charge >= 0.3 is 11.9 Å². The maximum Gasteiger partial charge on any atom is 0.310 e. The van der Waals surface area contributed by atoms with E-state index < -0.39 is 17.8 Å². The Hall–Kier alpha value is -1.32. The molecular formula is C12H14O4. The first-order valence-electron chi connectivity index (χ1n) is 5.61. The Morgan fingerprint density at radius 1 is 1.25 bits per heavy atom. The Bertz CT molecular complexity index is 394. The first-order valence-corrected chi connectivity index (χ1v) is 5.61. The molecule has 2 bridgehead atoms. The molecule has 2 saturated carbocycles. The van der Waals surface area contributed by atoms with E-state index in [0.29, 0.717) is 0 Å². The normalized spacial score (nSPS) is 41.3. The maximum absolute atomic E-state index is 11.7. The second-order valence-corrected chi connectivity index (χ2v) is 5.08. The van der Waals surface area contributed by atoms with Crippen molar-refractivity contribution in [3.8, 4) is 0 Å². The number of hydrogen-bond donors (Lipinski definition) is 1. The van der Waals surface area contributed by atoms with Crippen molar-refractivity contribution in [1.29, 1.82) is 0 Å². The van der Waals surface area contributed by atoms with E-state index in [9.17, 15) is 14.7 Å². The van der Waals surface area contributed by atoms with E-state index in [2.05, 4.69) is 0 Å². The Kier molecular flexibility index (Phi) is 1.77. The summed E-state index contributed by atoms with van der Waals surface area (Å²) in [5, 5.41) is 9.27. The average molecular weight is 222 g/mol. The highest BCUT2D eigenvalue weighted by molar-refractivity contribution is 5.84. The number of hydrogen-bond acceptors (Lipinski definition) is 3. The van der Waals surface area contributed by atoms with Gasteiger partial charge in [-0.05, 0) is 30.1 Å². The summed E-state index contributed by atoms with van der Waals surface area (Å²) in [6, 6.07) is 0. The van der Waals surface area contributed by atoms with Crippen molar-refractivity contribution in [2.45, 2.75) is 12.8 Å². The van der Waals surface area contributed by atoms with Gasteiger partial charge in [0.15, 0.2) is 0 Å². The second-order valence-electron chi connectivity index (χ2n) is 5.08. The molecule has 0 aliphatic heterocycles. The van der Waals surface area contributed by atoms with Crippen LogP contribution in [0.3, 0.4) is 0 Å². The minimum atomic E-state index is -0.862. The summed E-state index contributed by atoms with van der Waals surface area (Å²) in [5.41, 5.74) is 0.0852. The second kappa shape index (κ2) is 2.87. The van der Waals surface area contributed by atoms with Crippen LogP contribution < -0.4 is 0 Å². The average Bonchev–Trinajstić information content (AvgIpc) is 2.92. The Labute approximate surface area is 93.3 Å². The van der Waals surface area contributed by atoms with Crippen LogP contribution in [0.5, 0.6) is 0 Å². The zero-order chi connectivity index (χ0) is 11.5. The molecule has 4 atom stereocenters. The van der Waals surface area contributed by atoms with Crippen molar-refractivity contribution < 1.29 is 19.4 Å². The van der Waals surface area contributed by atoms with Crippen molar-refractivity contribution in [2.75, 3.05) is 7.11 Å². The van der Waals surface area contributed by atoms with Crippen molar-refractivity contribution in [3.05, 3.63) is 12.2 Å². The Balaban J connectivity index is 2.01. The summed E-state index contributed by atoms with van der Waals surface area (Å²) in [5.74, 6) is -2.15. The van der Waals surface area contributed by atoms with Crippen LogP contribution in [0.25, 0.3) is 0 Å². The van der Waals surface area contributed by atoms with Gasteiger partial charge in [0.25, 0.3) is 0 Å². The summed E-state index contributed by atoms with van der Waals surface area (Å²) < 4.78 is 4.75. The molecule has 3 aliphatic carbocycles. The van der Waals surface area contributed by atoms with Crippen LogP contribution >= 0.6 is 0 Å². The summed E-state index contributed by atoms with van der Waals surface area (Å²) in [7, 11) is 1.33. The molecule has 1 spiro atoms. The van der Waals surface area contributed by atoms with Gasteiger partial charge in [0, 0.05) is 0 Å². The molecule has 0 aromatic heterocycles. The number of ether oxygens (including phenoxy) is 1. The lowest BCUT2D eigenvalue weighted by atomic mass is 9.83. The van der Waals surface area contributed by atoms with Crippen LogP contribution in [0.4, 0.5) is 0 Å². The predicted octanol–water partition coefficient (Wildman–Crippen LogP) is 1.07. The molecule has 0 aromatic carbocycles. The predicted molar refractivity (Wildman–Crippen MR) is 54.4 cm³/mol. The van der Waals surface area contributed by atoms with Gasteiger partial charge in [-0.15, -0.1) is 0 Å². The largest absolute Gasteiger partial charge is 0.481 e. The molecule has 1 N–H and O–H groups in total. The highest BCUT2D eigenvalue weighted by Crippen LogP contribution is 2.72. The molecule has 4 nitrogen and oxygen atoms in total. The van der Waals surface area contributed by atoms with E-state index in [1.807, 2.05) is 12.2 Å². The van der Waals surface area contributed by atoms with Gasteiger partial charge in [0.1, 0.15) is 0 Å². The number of aliphatic carboxylic acids is 1. The van der Waals surface area contributed by atoms with Crippen molar-refractivity contribution >= 4 is 11.9 Å². The molecule has 0 amide bonds. The monoisotopic (exact) mass is 222 g/mol. The van der Waals surface area contributed by atoms with E-state index in [1.165, 1.54) is 7.11 Å². The number of rotatable bonds is 2. The van der Waals surface area contributed by atoms with Crippen molar-refractivity contribution in [1.82, 2.24) is 0 Å². The van der Waals surface area contributed by atoms with Gasteiger partial charge in [-0.2, -0.15) is 0 Å². The lowest BCUT2D eigenvalue weighted by Crippen LogP contribution is -2.33. The van der Waals surface area contributed by atoms with Gasteiger partial charge in [-0.3, -0.25) is 9.59 Å². The Morgan fingerprint density at radius 2 is 1.81 bits per heavy atom. The quantitative estimate of drug-likeness (QED) is 0.560. The number of carbonyl (C=O) groups is 2. The first-order chi connectivity index (χ1) is 7.62. The highest BCUT2D eigenvalue weighted by Gasteiger charge is 2.70. The SMILES string of the molecule is COC(=O)[C@H]1C2C=C[C@H]([C@H]1C(=O)O)C21CC1. The molecule has 0 aromatic rings. The van der Waals surface area contributed by atoms with Crippen LogP contribution in [0.15, 0.2) is 12.2 Å². The number of carboxylic acid groups (broad SMARTS) is 1. The van der Waals surface area contributed by atoms with Crippen molar-refractivity contribution in [2.24, 2.45) is 29.1 Å². The van der Waals surface area contributed by atoms with E-state index >= 15 is 0 Å². The lowest BCUT2D eigenvalue weighted by molar-refractivity contribution is -0.156. The fourth-order valence-electron chi connectivity index (χ4n) is 3.79. The molecule has 0 saturated heterocycles. The van der Waals surface area contributed by atoms with Gasteiger partial charge in [-0.25, -0.2) is 0 Å². The fraction of sp³-hybridized carbons (Fsp3) is 0.667. The van der Waals surface area contributed by atoms with Gasteiger partial charge in [0.2, 0.25) is 0 Å². The molecular weight excluding hydrogens is 208 g/mol. The molecule has 2 fully saturated rings. The minimum Gasteiger partial charge on any atom is -0.481 e. The molecule has 4 heteroatoms. The summed E-state index contributed by atoms with van der Waals surface area (Å²) in [6.45, 7) is 0. The molecule has 1 unspecified atom stereocenters. The number of carbonyl (C=O) groups excluding carboxylic acids is 1. The van der Waals surface area contributed by atoms with Crippen LogP contribution in [0.1, 0.15) is 12.8 Å². The van der Waals surface area contributed by atoms with Crippen LogP contribution in [-0.2, 0) is 14.3 Å². The van der Waals surface area contributed by atoms with E-state index in [1.54, 1.807) is 0 Å². The topological polar surface area (TPSA) is 63.6 Å². The zero-order valence-electron chi connectivity index (χ0n) is 9.05. The highest BCUT2D eigenvalue weighted by atomic mass is 16.5. The van der Waals surface area contributed by atoms with E-state index in [4.69, 9.17) is 4.74 Å². The molecule has 3 aliphatic rings. The van der Waals surface area contributed by atoms with Gasteiger partial charge in [0.05, 0.1) is 18.9 Å². The fourth-order valence-corrected chi connectivity index (χ4v) is 3.79. The lowest BCUT2D eigenvalue weighted by Gasteiger charge is -2.21. The number of allylic oxidation sites excluding steroid dienone is 2. The maximum atomic E-state index is 11.7. The van der Waals surface area contributed by atoms with Crippen molar-refractivity contribution in [3.63, 3.8) is 0 Å². The molecule has 0 heterocycles. The standard InChI is InChI=1S/C12H14O4/c1-16-11(15)9-7-3-2-6(8(9)10(13)14)12(7)4-5-12/h2-3,6-9H,4-5H2,1H3,(H,13,14)/t6-,7?,8-,9+/m1/s1. The molecule has 86 valence electrons.